The van der Waals surface area contributed by atoms with Crippen LogP contribution in [0.5, 0.6) is 17.2 Å². The average molecular weight is 483 g/mol. The van der Waals surface area contributed by atoms with E-state index in [2.05, 4.69) is 0 Å². The summed E-state index contributed by atoms with van der Waals surface area (Å²) in [5.74, 6) is 1.80. The van der Waals surface area contributed by atoms with Crippen LogP contribution in [0.3, 0.4) is 0 Å². The first-order valence-electron chi connectivity index (χ1n) is 12.1. The molecule has 2 aromatic carbocycles. The normalized spacial score (nSPS) is 15.8. The van der Waals surface area contributed by atoms with Crippen molar-refractivity contribution in [3.05, 3.63) is 59.9 Å². The van der Waals surface area contributed by atoms with Crippen LogP contribution in [0.4, 0.5) is 4.39 Å². The van der Waals surface area contributed by atoms with E-state index in [-0.39, 0.29) is 23.5 Å². The zero-order valence-corrected chi connectivity index (χ0v) is 20.0. The first-order chi connectivity index (χ1) is 17.0. The van der Waals surface area contributed by atoms with Crippen molar-refractivity contribution in [2.45, 2.75) is 19.8 Å². The van der Waals surface area contributed by atoms with E-state index < -0.39 is 0 Å². The first kappa shape index (κ1) is 24.6. The third-order valence-electron chi connectivity index (χ3n) is 5.94. The third kappa shape index (κ3) is 6.97. The summed E-state index contributed by atoms with van der Waals surface area (Å²) >= 11 is 0. The molecule has 1 aliphatic carbocycles. The van der Waals surface area contributed by atoms with E-state index >= 15 is 0 Å². The van der Waals surface area contributed by atoms with Gasteiger partial charge >= 0.3 is 0 Å². The van der Waals surface area contributed by atoms with Crippen molar-refractivity contribution in [2.24, 2.45) is 5.92 Å². The largest absolute Gasteiger partial charge is 0.490 e. The third-order valence-corrected chi connectivity index (χ3v) is 5.94. The van der Waals surface area contributed by atoms with Crippen molar-refractivity contribution in [2.75, 3.05) is 46.0 Å². The molecule has 1 saturated heterocycles. The molecule has 0 bridgehead atoms. The molecule has 2 aliphatic rings. The molecule has 1 saturated carbocycles. The molecular formula is C27H31FN2O5. The summed E-state index contributed by atoms with van der Waals surface area (Å²) in [4.78, 5) is 28.5. The first-order valence-corrected chi connectivity index (χ1v) is 12.1. The fraction of sp³-hybridized carbons (Fsp3) is 0.407. The van der Waals surface area contributed by atoms with E-state index in [1.54, 1.807) is 35.3 Å². The van der Waals surface area contributed by atoms with Gasteiger partial charge in [0.2, 0.25) is 11.8 Å². The smallest absolute Gasteiger partial charge is 0.246 e. The second kappa shape index (κ2) is 11.7. The summed E-state index contributed by atoms with van der Waals surface area (Å²) in [5.41, 5.74) is 0.819. The Morgan fingerprint density at radius 3 is 2.29 bits per heavy atom. The minimum absolute atomic E-state index is 0.0697. The van der Waals surface area contributed by atoms with Crippen molar-refractivity contribution >= 4 is 17.9 Å². The van der Waals surface area contributed by atoms with Crippen molar-refractivity contribution in [1.29, 1.82) is 0 Å². The van der Waals surface area contributed by atoms with Crippen molar-refractivity contribution < 1.29 is 28.2 Å². The number of benzene rings is 2. The highest BCUT2D eigenvalue weighted by molar-refractivity contribution is 5.92. The Bertz CT molecular complexity index is 1040. The van der Waals surface area contributed by atoms with Gasteiger partial charge < -0.3 is 24.0 Å². The van der Waals surface area contributed by atoms with E-state index in [9.17, 15) is 14.0 Å². The van der Waals surface area contributed by atoms with Gasteiger partial charge in [-0.15, -0.1) is 0 Å². The fourth-order valence-electron chi connectivity index (χ4n) is 3.87. The molecule has 0 radical (unpaired) electrons. The Balaban J connectivity index is 1.27. The molecule has 8 heteroatoms. The standard InChI is InChI=1S/C27H31FN2O5/c1-2-33-25-19-20(3-11-24(25)35-18-17-34-23-9-7-22(28)8-10-23)4-12-26(31)29-13-15-30(16-14-29)27(32)21-5-6-21/h3-4,7-12,19,21H,2,5-6,13-18H2,1H3. The summed E-state index contributed by atoms with van der Waals surface area (Å²) in [7, 11) is 0. The molecule has 0 aromatic heterocycles. The monoisotopic (exact) mass is 482 g/mol. The van der Waals surface area contributed by atoms with Crippen molar-refractivity contribution in [3.63, 3.8) is 0 Å². The maximum Gasteiger partial charge on any atom is 0.246 e. The highest BCUT2D eigenvalue weighted by Gasteiger charge is 2.34. The lowest BCUT2D eigenvalue weighted by atomic mass is 10.1. The van der Waals surface area contributed by atoms with Gasteiger partial charge in [0.15, 0.2) is 11.5 Å². The second-order valence-corrected chi connectivity index (χ2v) is 8.55. The van der Waals surface area contributed by atoms with Crippen LogP contribution < -0.4 is 14.2 Å². The van der Waals surface area contributed by atoms with E-state index in [1.807, 2.05) is 24.0 Å². The predicted octanol–water partition coefficient (Wildman–Crippen LogP) is 3.78. The van der Waals surface area contributed by atoms with Crippen LogP contribution in [0.15, 0.2) is 48.5 Å². The number of nitrogens with zero attached hydrogens (tertiary/aromatic N) is 2. The van der Waals surface area contributed by atoms with Gasteiger partial charge in [0.1, 0.15) is 24.8 Å². The Kier molecular flexibility index (Phi) is 8.23. The molecule has 2 amide bonds. The molecule has 35 heavy (non-hydrogen) atoms. The van der Waals surface area contributed by atoms with Crippen molar-refractivity contribution in [1.82, 2.24) is 9.80 Å². The number of halogens is 1. The number of ether oxygens (including phenoxy) is 3. The molecule has 186 valence electrons. The molecule has 4 rings (SSSR count). The molecule has 0 atom stereocenters. The lowest BCUT2D eigenvalue weighted by Crippen LogP contribution is -2.50. The number of carbonyl (C=O) groups excluding carboxylic acids is 2. The number of hydrogen-bond acceptors (Lipinski definition) is 5. The van der Waals surface area contributed by atoms with Crippen LogP contribution >= 0.6 is 0 Å². The topological polar surface area (TPSA) is 68.3 Å². The Labute approximate surface area is 205 Å². The van der Waals surface area contributed by atoms with Crippen LogP contribution in [0, 0.1) is 11.7 Å². The molecule has 7 nitrogen and oxygen atoms in total. The van der Waals surface area contributed by atoms with Gasteiger partial charge in [-0.3, -0.25) is 9.59 Å². The lowest BCUT2D eigenvalue weighted by Gasteiger charge is -2.34. The van der Waals surface area contributed by atoms with Crippen LogP contribution in [-0.2, 0) is 9.59 Å². The average Bonchev–Trinajstić information content (AvgIpc) is 3.73. The van der Waals surface area contributed by atoms with Crippen molar-refractivity contribution in [3.8, 4) is 17.2 Å². The van der Waals surface area contributed by atoms with Gasteiger partial charge in [-0.05, 0) is 67.8 Å². The molecule has 0 spiro atoms. The molecule has 1 aliphatic heterocycles. The molecule has 1 heterocycles. The SMILES string of the molecule is CCOc1cc(C=CC(=O)N2CCN(C(=O)C3CC3)CC2)ccc1OCCOc1ccc(F)cc1. The van der Waals surface area contributed by atoms with Crippen LogP contribution in [0.1, 0.15) is 25.3 Å². The Morgan fingerprint density at radius 1 is 0.914 bits per heavy atom. The zero-order valence-electron chi connectivity index (χ0n) is 20.0. The maximum atomic E-state index is 13.0. The summed E-state index contributed by atoms with van der Waals surface area (Å²) in [6.45, 7) is 5.25. The van der Waals surface area contributed by atoms with Crippen LogP contribution in [0.25, 0.3) is 6.08 Å². The Hall–Kier alpha value is -3.55. The minimum atomic E-state index is -0.311. The number of carbonyl (C=O) groups is 2. The van der Waals surface area contributed by atoms with Gasteiger partial charge in [0.25, 0.3) is 0 Å². The lowest BCUT2D eigenvalue weighted by molar-refractivity contribution is -0.138. The molecule has 2 fully saturated rings. The molecule has 0 unspecified atom stereocenters. The quantitative estimate of drug-likeness (QED) is 0.381. The fourth-order valence-corrected chi connectivity index (χ4v) is 3.87. The van der Waals surface area contributed by atoms with E-state index in [0.717, 1.165) is 18.4 Å². The van der Waals surface area contributed by atoms with Gasteiger partial charge in [-0.2, -0.15) is 0 Å². The van der Waals surface area contributed by atoms with E-state index in [0.29, 0.717) is 63.2 Å². The van der Waals surface area contributed by atoms with E-state index in [4.69, 9.17) is 14.2 Å². The number of amides is 2. The Morgan fingerprint density at radius 2 is 1.60 bits per heavy atom. The number of piperazine rings is 1. The summed E-state index contributed by atoms with van der Waals surface area (Å²) in [5, 5.41) is 0. The zero-order chi connectivity index (χ0) is 24.6. The number of hydrogen-bond donors (Lipinski definition) is 0. The summed E-state index contributed by atoms with van der Waals surface area (Å²) in [6, 6.07) is 11.3. The van der Waals surface area contributed by atoms with Gasteiger partial charge in [0, 0.05) is 38.2 Å². The van der Waals surface area contributed by atoms with Gasteiger partial charge in [-0.1, -0.05) is 6.07 Å². The summed E-state index contributed by atoms with van der Waals surface area (Å²) in [6.07, 6.45) is 5.31. The maximum absolute atomic E-state index is 13.0. The minimum Gasteiger partial charge on any atom is -0.490 e. The summed E-state index contributed by atoms with van der Waals surface area (Å²) < 4.78 is 30.0. The highest BCUT2D eigenvalue weighted by Crippen LogP contribution is 2.31. The predicted molar refractivity (Wildman–Crippen MR) is 130 cm³/mol. The second-order valence-electron chi connectivity index (χ2n) is 8.55. The van der Waals surface area contributed by atoms with Gasteiger partial charge in [-0.25, -0.2) is 4.39 Å². The molecule has 2 aromatic rings. The van der Waals surface area contributed by atoms with Crippen LogP contribution in [-0.4, -0.2) is 67.6 Å². The van der Waals surface area contributed by atoms with Crippen LogP contribution in [0.2, 0.25) is 0 Å². The van der Waals surface area contributed by atoms with Gasteiger partial charge in [0.05, 0.1) is 6.61 Å². The molecule has 0 N–H and O–H groups in total. The molecular weight excluding hydrogens is 451 g/mol. The van der Waals surface area contributed by atoms with E-state index in [1.165, 1.54) is 12.1 Å². The number of rotatable bonds is 10. The highest BCUT2D eigenvalue weighted by atomic mass is 19.1.